The van der Waals surface area contributed by atoms with Gasteiger partial charge in [-0.2, -0.15) is 0 Å². The Morgan fingerprint density at radius 1 is 0.328 bits per heavy atom. The summed E-state index contributed by atoms with van der Waals surface area (Å²) in [5.74, 6) is 0. The van der Waals surface area contributed by atoms with Crippen LogP contribution in [0, 0.1) is 0 Å². The van der Waals surface area contributed by atoms with Gasteiger partial charge in [0.05, 0.1) is 0 Å². The van der Waals surface area contributed by atoms with Gasteiger partial charge in [0.1, 0.15) is 11.2 Å². The Kier molecular flexibility index (Phi) is 7.62. The Bertz CT molecular complexity index is 3500. The summed E-state index contributed by atoms with van der Waals surface area (Å²) in [6.45, 7) is 0. The molecule has 3 heterocycles. The van der Waals surface area contributed by atoms with Crippen LogP contribution in [0.3, 0.4) is 0 Å². The Hall–Kier alpha value is -6.98. The second kappa shape index (κ2) is 13.3. The summed E-state index contributed by atoms with van der Waals surface area (Å²) in [5.41, 5.74) is 12.2. The number of thiophene rings is 2. The molecule has 3 aromatic heterocycles. The Balaban J connectivity index is 0.947. The molecule has 2 nitrogen and oxygen atoms in total. The van der Waals surface area contributed by atoms with Gasteiger partial charge in [0.2, 0.25) is 0 Å². The molecule has 0 aliphatic carbocycles. The van der Waals surface area contributed by atoms with Crippen molar-refractivity contribution in [2.75, 3.05) is 4.90 Å². The molecule has 0 fully saturated rings. The summed E-state index contributed by atoms with van der Waals surface area (Å²) in [5, 5.41) is 7.50. The summed E-state index contributed by atoms with van der Waals surface area (Å²) in [4.78, 5) is 2.38. The lowest BCUT2D eigenvalue weighted by Crippen LogP contribution is -2.09. The molecule has 0 amide bonds. The Morgan fingerprint density at radius 3 is 1.67 bits per heavy atom. The van der Waals surface area contributed by atoms with E-state index in [1.807, 2.05) is 28.7 Å². The van der Waals surface area contributed by atoms with Gasteiger partial charge in [-0.1, -0.05) is 140 Å². The largest absolute Gasteiger partial charge is 0.455 e. The SMILES string of the molecule is c1ccc(-c2cccc3c2oc2ccc(-c4ccc(N(c5ccc(-c6cccc7c6sc6ccccc67)cc5)c5ccc6c(c5)sc5ccccc56)cc4)cc23)cc1. The van der Waals surface area contributed by atoms with Crippen molar-refractivity contribution in [2.45, 2.75) is 0 Å². The maximum Gasteiger partial charge on any atom is 0.143 e. The minimum absolute atomic E-state index is 0.897. The van der Waals surface area contributed by atoms with Gasteiger partial charge in [0, 0.05) is 73.7 Å². The molecule has 0 saturated heterocycles. The monoisotopic (exact) mass is 775 g/mol. The average molecular weight is 776 g/mol. The normalized spacial score (nSPS) is 11.8. The Labute approximate surface area is 343 Å². The second-order valence-electron chi connectivity index (χ2n) is 14.8. The van der Waals surface area contributed by atoms with E-state index >= 15 is 0 Å². The minimum Gasteiger partial charge on any atom is -0.455 e. The molecule has 0 atom stereocenters. The lowest BCUT2D eigenvalue weighted by molar-refractivity contribution is 0.670. The molecule has 58 heavy (non-hydrogen) atoms. The lowest BCUT2D eigenvalue weighted by Gasteiger charge is -2.26. The van der Waals surface area contributed by atoms with Crippen molar-refractivity contribution in [1.82, 2.24) is 0 Å². The van der Waals surface area contributed by atoms with E-state index in [2.05, 4.69) is 199 Å². The van der Waals surface area contributed by atoms with E-state index in [0.29, 0.717) is 0 Å². The van der Waals surface area contributed by atoms with Crippen LogP contribution in [0.5, 0.6) is 0 Å². The van der Waals surface area contributed by atoms with Crippen LogP contribution < -0.4 is 4.90 Å². The molecule has 0 aliphatic rings. The molecular weight excluding hydrogens is 743 g/mol. The first-order chi connectivity index (χ1) is 28.7. The first-order valence-corrected chi connectivity index (χ1v) is 21.2. The molecular formula is C54H33NOS2. The number of rotatable bonds is 6. The van der Waals surface area contributed by atoms with E-state index < -0.39 is 0 Å². The molecule has 0 bridgehead atoms. The third-order valence-electron chi connectivity index (χ3n) is 11.5. The van der Waals surface area contributed by atoms with Crippen LogP contribution in [0.1, 0.15) is 0 Å². The number of hydrogen-bond acceptors (Lipinski definition) is 4. The third-order valence-corrected chi connectivity index (χ3v) is 13.9. The van der Waals surface area contributed by atoms with Crippen LogP contribution in [0.4, 0.5) is 17.1 Å². The number of para-hydroxylation sites is 1. The molecule has 0 N–H and O–H groups in total. The highest BCUT2D eigenvalue weighted by Gasteiger charge is 2.18. The third kappa shape index (κ3) is 5.37. The second-order valence-corrected chi connectivity index (χ2v) is 17.0. The van der Waals surface area contributed by atoms with Gasteiger partial charge < -0.3 is 9.32 Å². The van der Waals surface area contributed by atoms with Gasteiger partial charge >= 0.3 is 0 Å². The molecule has 0 radical (unpaired) electrons. The fraction of sp³-hybridized carbons (Fsp3) is 0. The van der Waals surface area contributed by atoms with Gasteiger partial charge in [0.15, 0.2) is 0 Å². The highest BCUT2D eigenvalue weighted by atomic mass is 32.1. The van der Waals surface area contributed by atoms with Gasteiger partial charge in [-0.15, -0.1) is 22.7 Å². The van der Waals surface area contributed by atoms with Crippen LogP contribution in [-0.2, 0) is 0 Å². The average Bonchev–Trinajstić information content (AvgIpc) is 3.98. The molecule has 0 saturated carbocycles. The van der Waals surface area contributed by atoms with Crippen molar-refractivity contribution in [3.63, 3.8) is 0 Å². The molecule has 4 heteroatoms. The zero-order valence-corrected chi connectivity index (χ0v) is 32.9. The summed E-state index contributed by atoms with van der Waals surface area (Å²) in [7, 11) is 0. The zero-order valence-electron chi connectivity index (χ0n) is 31.2. The maximum atomic E-state index is 6.49. The highest BCUT2D eigenvalue weighted by molar-refractivity contribution is 7.26. The van der Waals surface area contributed by atoms with Crippen molar-refractivity contribution in [3.8, 4) is 33.4 Å². The van der Waals surface area contributed by atoms with Crippen molar-refractivity contribution >= 4 is 102 Å². The number of fused-ring (bicyclic) bond motifs is 9. The van der Waals surface area contributed by atoms with E-state index in [9.17, 15) is 0 Å². The van der Waals surface area contributed by atoms with Crippen LogP contribution in [0.2, 0.25) is 0 Å². The lowest BCUT2D eigenvalue weighted by atomic mass is 10.00. The summed E-state index contributed by atoms with van der Waals surface area (Å²) in [6, 6.07) is 72.6. The smallest absolute Gasteiger partial charge is 0.143 e. The molecule has 0 spiro atoms. The number of anilines is 3. The summed E-state index contributed by atoms with van der Waals surface area (Å²) in [6.07, 6.45) is 0. The van der Waals surface area contributed by atoms with Gasteiger partial charge in [0.25, 0.3) is 0 Å². The van der Waals surface area contributed by atoms with E-state index in [4.69, 9.17) is 4.42 Å². The fourth-order valence-electron chi connectivity index (χ4n) is 8.69. The number of nitrogens with zero attached hydrogens (tertiary/aromatic N) is 1. The first kappa shape index (κ1) is 33.2. The predicted octanol–water partition coefficient (Wildman–Crippen LogP) is 16.8. The van der Waals surface area contributed by atoms with Crippen LogP contribution >= 0.6 is 22.7 Å². The fourth-order valence-corrected chi connectivity index (χ4v) is 11.1. The number of hydrogen-bond donors (Lipinski definition) is 0. The molecule has 0 aliphatic heterocycles. The van der Waals surface area contributed by atoms with Crippen molar-refractivity contribution in [3.05, 3.63) is 200 Å². The van der Waals surface area contributed by atoms with Gasteiger partial charge in [-0.3, -0.25) is 0 Å². The molecule has 9 aromatic carbocycles. The zero-order chi connectivity index (χ0) is 38.2. The Morgan fingerprint density at radius 2 is 0.897 bits per heavy atom. The quantitative estimate of drug-likeness (QED) is 0.167. The first-order valence-electron chi connectivity index (χ1n) is 19.6. The summed E-state index contributed by atoms with van der Waals surface area (Å²) < 4.78 is 11.7. The maximum absolute atomic E-state index is 6.49. The minimum atomic E-state index is 0.897. The van der Waals surface area contributed by atoms with E-state index in [-0.39, 0.29) is 0 Å². The molecule has 0 unspecified atom stereocenters. The summed E-state index contributed by atoms with van der Waals surface area (Å²) >= 11 is 3.73. The molecule has 272 valence electrons. The molecule has 12 rings (SSSR count). The standard InChI is InChI=1S/C54H33NOS2/c1-2-10-35(11-3-1)41-14-8-16-46-48-32-37(24-31-49(48)56-53(41)46)34-20-25-38(26-21-34)55(40-29-30-45-43-12-4-6-18-50(43)57-52(45)33-40)39-27-22-36(23-28-39)42-15-9-17-47-44-13-5-7-19-51(44)58-54(42)47/h1-33H. The number of benzene rings is 9. The van der Waals surface area contributed by atoms with Crippen LogP contribution in [0.25, 0.3) is 95.7 Å². The van der Waals surface area contributed by atoms with Crippen molar-refractivity contribution in [2.24, 2.45) is 0 Å². The highest BCUT2D eigenvalue weighted by Crippen LogP contribution is 2.44. The predicted molar refractivity (Wildman–Crippen MR) is 250 cm³/mol. The van der Waals surface area contributed by atoms with E-state index in [1.54, 1.807) is 0 Å². The van der Waals surface area contributed by atoms with Crippen molar-refractivity contribution in [1.29, 1.82) is 0 Å². The van der Waals surface area contributed by atoms with E-state index in [1.165, 1.54) is 51.5 Å². The van der Waals surface area contributed by atoms with Gasteiger partial charge in [-0.05, 0) is 88.5 Å². The topological polar surface area (TPSA) is 16.4 Å². The van der Waals surface area contributed by atoms with Crippen molar-refractivity contribution < 1.29 is 4.42 Å². The van der Waals surface area contributed by atoms with Crippen LogP contribution in [-0.4, -0.2) is 0 Å². The molecule has 12 aromatic rings. The van der Waals surface area contributed by atoms with Crippen LogP contribution in [0.15, 0.2) is 205 Å². The number of furan rings is 1. The van der Waals surface area contributed by atoms with E-state index in [0.717, 1.165) is 61.3 Å². The van der Waals surface area contributed by atoms with Gasteiger partial charge in [-0.25, -0.2) is 0 Å².